The predicted octanol–water partition coefficient (Wildman–Crippen LogP) is 2.02. The minimum Gasteiger partial charge on any atom is -0.484 e. The maximum absolute atomic E-state index is 13.0. The van der Waals surface area contributed by atoms with E-state index in [-0.39, 0.29) is 12.5 Å². The Bertz CT molecular complexity index is 807. The fourth-order valence-electron chi connectivity index (χ4n) is 1.92. The number of carbonyl (C=O) groups excluding carboxylic acids is 1. The van der Waals surface area contributed by atoms with Crippen molar-refractivity contribution in [2.45, 2.75) is 0 Å². The highest BCUT2D eigenvalue weighted by atomic mass is 19.1. The highest BCUT2D eigenvalue weighted by Crippen LogP contribution is 2.18. The number of nitrogens with zero attached hydrogens (tertiary/aromatic N) is 3. The van der Waals surface area contributed by atoms with E-state index in [1.54, 1.807) is 30.3 Å². The number of tetrazole rings is 1. The van der Waals surface area contributed by atoms with Crippen molar-refractivity contribution in [3.8, 4) is 17.1 Å². The zero-order valence-corrected chi connectivity index (χ0v) is 11.9. The molecule has 0 saturated heterocycles. The van der Waals surface area contributed by atoms with Gasteiger partial charge in [0.15, 0.2) is 6.61 Å². The lowest BCUT2D eigenvalue weighted by Gasteiger charge is -2.08. The second kappa shape index (κ2) is 6.65. The lowest BCUT2D eigenvalue weighted by Crippen LogP contribution is -2.20. The first-order valence-corrected chi connectivity index (χ1v) is 6.73. The van der Waals surface area contributed by atoms with Gasteiger partial charge in [-0.3, -0.25) is 4.79 Å². The van der Waals surface area contributed by atoms with Gasteiger partial charge in [-0.2, -0.15) is 5.21 Å². The third-order valence-electron chi connectivity index (χ3n) is 2.92. The number of anilines is 1. The fourth-order valence-corrected chi connectivity index (χ4v) is 1.92. The SMILES string of the molecule is O=C(COc1cccc(F)c1)Nc1cccc(-c2nn[nH]n2)c1. The summed E-state index contributed by atoms with van der Waals surface area (Å²) in [7, 11) is 0. The third-order valence-corrected chi connectivity index (χ3v) is 2.92. The second-order valence-electron chi connectivity index (χ2n) is 4.61. The van der Waals surface area contributed by atoms with Gasteiger partial charge >= 0.3 is 0 Å². The smallest absolute Gasteiger partial charge is 0.262 e. The summed E-state index contributed by atoms with van der Waals surface area (Å²) < 4.78 is 18.2. The number of carbonyl (C=O) groups is 1. The summed E-state index contributed by atoms with van der Waals surface area (Å²) in [5.74, 6) is -0.0620. The first-order chi connectivity index (χ1) is 11.2. The van der Waals surface area contributed by atoms with E-state index < -0.39 is 5.82 Å². The molecule has 1 aromatic heterocycles. The van der Waals surface area contributed by atoms with Crippen molar-refractivity contribution in [2.24, 2.45) is 0 Å². The van der Waals surface area contributed by atoms with E-state index in [1.165, 1.54) is 18.2 Å². The van der Waals surface area contributed by atoms with Crippen molar-refractivity contribution < 1.29 is 13.9 Å². The van der Waals surface area contributed by atoms with E-state index in [0.29, 0.717) is 22.8 Å². The van der Waals surface area contributed by atoms with Crippen LogP contribution in [0.2, 0.25) is 0 Å². The summed E-state index contributed by atoms with van der Waals surface area (Å²) >= 11 is 0. The Labute approximate surface area is 130 Å². The molecule has 0 atom stereocenters. The summed E-state index contributed by atoms with van der Waals surface area (Å²) in [6.07, 6.45) is 0. The van der Waals surface area contributed by atoms with Crippen molar-refractivity contribution in [2.75, 3.05) is 11.9 Å². The molecule has 0 radical (unpaired) electrons. The first kappa shape index (κ1) is 14.6. The van der Waals surface area contributed by atoms with Gasteiger partial charge in [0, 0.05) is 17.3 Å². The largest absolute Gasteiger partial charge is 0.484 e. The van der Waals surface area contributed by atoms with E-state index in [1.807, 2.05) is 0 Å². The summed E-state index contributed by atoms with van der Waals surface area (Å²) in [4.78, 5) is 11.9. The van der Waals surface area contributed by atoms with Gasteiger partial charge in [-0.05, 0) is 29.5 Å². The number of hydrogen-bond acceptors (Lipinski definition) is 5. The van der Waals surface area contributed by atoms with E-state index in [0.717, 1.165) is 0 Å². The van der Waals surface area contributed by atoms with Crippen LogP contribution in [0.3, 0.4) is 0 Å². The lowest BCUT2D eigenvalue weighted by atomic mass is 10.2. The summed E-state index contributed by atoms with van der Waals surface area (Å²) in [5.41, 5.74) is 1.28. The molecule has 2 aromatic carbocycles. The van der Waals surface area contributed by atoms with E-state index >= 15 is 0 Å². The number of rotatable bonds is 5. The first-order valence-electron chi connectivity index (χ1n) is 6.73. The number of aromatic amines is 1. The topological polar surface area (TPSA) is 92.8 Å². The Kier molecular flexibility index (Phi) is 4.23. The molecule has 3 aromatic rings. The molecule has 3 rings (SSSR count). The second-order valence-corrected chi connectivity index (χ2v) is 4.61. The number of nitrogens with one attached hydrogen (secondary N) is 2. The normalized spacial score (nSPS) is 10.3. The molecule has 0 bridgehead atoms. The maximum Gasteiger partial charge on any atom is 0.262 e. The molecule has 0 saturated carbocycles. The quantitative estimate of drug-likeness (QED) is 0.752. The molecule has 0 aliphatic carbocycles. The van der Waals surface area contributed by atoms with Crippen molar-refractivity contribution in [3.63, 3.8) is 0 Å². The van der Waals surface area contributed by atoms with Crippen LogP contribution in [0.5, 0.6) is 5.75 Å². The third kappa shape index (κ3) is 3.88. The minimum absolute atomic E-state index is 0.226. The molecule has 23 heavy (non-hydrogen) atoms. The molecule has 1 heterocycles. The molecule has 2 N–H and O–H groups in total. The molecule has 116 valence electrons. The number of H-pyrrole nitrogens is 1. The Hall–Kier alpha value is -3.29. The van der Waals surface area contributed by atoms with Crippen molar-refractivity contribution >= 4 is 11.6 Å². The van der Waals surface area contributed by atoms with Crippen LogP contribution < -0.4 is 10.1 Å². The van der Waals surface area contributed by atoms with Crippen molar-refractivity contribution in [1.29, 1.82) is 0 Å². The van der Waals surface area contributed by atoms with Crippen LogP contribution in [0, 0.1) is 5.82 Å². The lowest BCUT2D eigenvalue weighted by molar-refractivity contribution is -0.118. The average Bonchev–Trinajstić information content (AvgIpc) is 3.08. The predicted molar refractivity (Wildman–Crippen MR) is 80.1 cm³/mol. The Balaban J connectivity index is 1.61. The number of amides is 1. The van der Waals surface area contributed by atoms with Gasteiger partial charge in [-0.15, -0.1) is 10.2 Å². The number of hydrogen-bond donors (Lipinski definition) is 2. The van der Waals surface area contributed by atoms with Gasteiger partial charge in [0.1, 0.15) is 11.6 Å². The highest BCUT2D eigenvalue weighted by molar-refractivity contribution is 5.92. The highest BCUT2D eigenvalue weighted by Gasteiger charge is 2.07. The maximum atomic E-state index is 13.0. The number of aromatic nitrogens is 4. The summed E-state index contributed by atoms with van der Waals surface area (Å²) in [6, 6.07) is 12.6. The van der Waals surface area contributed by atoms with Crippen LogP contribution >= 0.6 is 0 Å². The molecule has 0 unspecified atom stereocenters. The number of benzene rings is 2. The minimum atomic E-state index is -0.421. The van der Waals surface area contributed by atoms with Crippen molar-refractivity contribution in [1.82, 2.24) is 20.6 Å². The number of ether oxygens (including phenoxy) is 1. The molecule has 0 fully saturated rings. The van der Waals surface area contributed by atoms with Crippen LogP contribution in [0.15, 0.2) is 48.5 Å². The molecule has 8 heteroatoms. The molecule has 0 aliphatic heterocycles. The van der Waals surface area contributed by atoms with Crippen LogP contribution in [0.4, 0.5) is 10.1 Å². The number of halogens is 1. The van der Waals surface area contributed by atoms with Gasteiger partial charge in [0.25, 0.3) is 5.91 Å². The zero-order chi connectivity index (χ0) is 16.1. The van der Waals surface area contributed by atoms with E-state index in [2.05, 4.69) is 25.9 Å². The molecule has 1 amide bonds. The zero-order valence-electron chi connectivity index (χ0n) is 11.9. The van der Waals surface area contributed by atoms with Gasteiger partial charge in [-0.1, -0.05) is 18.2 Å². The van der Waals surface area contributed by atoms with Gasteiger partial charge in [0.2, 0.25) is 5.82 Å². The molecular formula is C15H12FN5O2. The van der Waals surface area contributed by atoms with Crippen LogP contribution in [0.1, 0.15) is 0 Å². The van der Waals surface area contributed by atoms with Gasteiger partial charge < -0.3 is 10.1 Å². The Morgan fingerprint density at radius 3 is 2.87 bits per heavy atom. The van der Waals surface area contributed by atoms with E-state index in [9.17, 15) is 9.18 Å². The van der Waals surface area contributed by atoms with Gasteiger partial charge in [0.05, 0.1) is 0 Å². The van der Waals surface area contributed by atoms with Crippen LogP contribution in [-0.4, -0.2) is 33.1 Å². The van der Waals surface area contributed by atoms with E-state index in [4.69, 9.17) is 4.74 Å². The average molecular weight is 313 g/mol. The molecule has 7 nitrogen and oxygen atoms in total. The standard InChI is InChI=1S/C15H12FN5O2/c16-11-4-2-6-13(8-11)23-9-14(22)17-12-5-1-3-10(7-12)15-18-20-21-19-15/h1-8H,9H2,(H,17,22)(H,18,19,20,21). The Morgan fingerprint density at radius 2 is 2.09 bits per heavy atom. The molecular weight excluding hydrogens is 301 g/mol. The van der Waals surface area contributed by atoms with Crippen molar-refractivity contribution in [3.05, 3.63) is 54.3 Å². The van der Waals surface area contributed by atoms with Crippen LogP contribution in [0.25, 0.3) is 11.4 Å². The summed E-state index contributed by atoms with van der Waals surface area (Å²) in [5, 5.41) is 16.3. The fraction of sp³-hybridized carbons (Fsp3) is 0.0667. The van der Waals surface area contributed by atoms with Gasteiger partial charge in [-0.25, -0.2) is 4.39 Å². The monoisotopic (exact) mass is 313 g/mol. The molecule has 0 aliphatic rings. The van der Waals surface area contributed by atoms with Crippen LogP contribution in [-0.2, 0) is 4.79 Å². The molecule has 0 spiro atoms. The summed E-state index contributed by atoms with van der Waals surface area (Å²) in [6.45, 7) is -0.226. The Morgan fingerprint density at radius 1 is 1.22 bits per heavy atom.